The second-order valence-corrected chi connectivity index (χ2v) is 5.74. The van der Waals surface area contributed by atoms with Crippen LogP contribution in [-0.4, -0.2) is 44.5 Å². The molecule has 0 aromatic carbocycles. The highest BCUT2D eigenvalue weighted by Gasteiger charge is 2.30. The van der Waals surface area contributed by atoms with Gasteiger partial charge in [0.1, 0.15) is 11.7 Å². The fourth-order valence-electron chi connectivity index (χ4n) is 2.45. The average Bonchev–Trinajstić information content (AvgIpc) is 3.00. The zero-order valence-electron chi connectivity index (χ0n) is 12.5. The second-order valence-electron chi connectivity index (χ2n) is 5.30. The van der Waals surface area contributed by atoms with Crippen molar-refractivity contribution in [2.75, 3.05) is 13.1 Å². The Kier molecular flexibility index (Phi) is 4.29. The maximum absolute atomic E-state index is 12.5. The van der Waals surface area contributed by atoms with Crippen molar-refractivity contribution in [2.45, 2.75) is 12.5 Å². The molecule has 0 radical (unpaired) electrons. The molecule has 0 aliphatic carbocycles. The summed E-state index contributed by atoms with van der Waals surface area (Å²) in [6.07, 6.45) is 4.98. The minimum Gasteiger partial charge on any atom is -0.458 e. The topological polar surface area (TPSA) is 77.3 Å². The maximum atomic E-state index is 12.5. The molecule has 0 bridgehead atoms. The lowest BCUT2D eigenvalue weighted by Gasteiger charge is -2.16. The molecular formula is C15H15ClN4O3. The van der Waals surface area contributed by atoms with E-state index in [1.807, 2.05) is 0 Å². The minimum atomic E-state index is -0.303. The van der Waals surface area contributed by atoms with Crippen LogP contribution in [0.2, 0.25) is 5.02 Å². The number of hydrogen-bond acceptors (Lipinski definition) is 5. The van der Waals surface area contributed by atoms with Crippen LogP contribution in [0.3, 0.4) is 0 Å². The first kappa shape index (κ1) is 15.5. The lowest BCUT2D eigenvalue weighted by molar-refractivity contribution is 0.0767. The van der Waals surface area contributed by atoms with Gasteiger partial charge >= 0.3 is 6.01 Å². The summed E-state index contributed by atoms with van der Waals surface area (Å²) in [5, 5.41) is 0.431. The number of aromatic nitrogens is 3. The van der Waals surface area contributed by atoms with Crippen LogP contribution in [0.25, 0.3) is 0 Å². The number of amides is 1. The van der Waals surface area contributed by atoms with Crippen LogP contribution in [0.1, 0.15) is 16.8 Å². The lowest BCUT2D eigenvalue weighted by Crippen LogP contribution is -2.35. The number of carbonyl (C=O) groups is 1. The number of nitrogens with zero attached hydrogens (tertiary/aromatic N) is 4. The van der Waals surface area contributed by atoms with E-state index in [1.165, 1.54) is 17.0 Å². The molecular weight excluding hydrogens is 320 g/mol. The van der Waals surface area contributed by atoms with Gasteiger partial charge in [-0.3, -0.25) is 9.59 Å². The van der Waals surface area contributed by atoms with Gasteiger partial charge in [0.05, 0.1) is 24.0 Å². The van der Waals surface area contributed by atoms with Crippen LogP contribution >= 0.6 is 11.6 Å². The summed E-state index contributed by atoms with van der Waals surface area (Å²) in [4.78, 5) is 34.0. The van der Waals surface area contributed by atoms with E-state index in [1.54, 1.807) is 30.3 Å². The molecule has 23 heavy (non-hydrogen) atoms. The molecule has 1 aliphatic rings. The van der Waals surface area contributed by atoms with Gasteiger partial charge in [0.2, 0.25) is 0 Å². The quantitative estimate of drug-likeness (QED) is 0.840. The van der Waals surface area contributed by atoms with E-state index < -0.39 is 0 Å². The molecule has 1 aliphatic heterocycles. The smallest absolute Gasteiger partial charge is 0.316 e. The van der Waals surface area contributed by atoms with Crippen LogP contribution in [0.15, 0.2) is 35.5 Å². The molecule has 7 nitrogen and oxygen atoms in total. The van der Waals surface area contributed by atoms with E-state index in [-0.39, 0.29) is 29.1 Å². The number of halogens is 1. The average molecular weight is 335 g/mol. The van der Waals surface area contributed by atoms with E-state index in [4.69, 9.17) is 16.3 Å². The van der Waals surface area contributed by atoms with Gasteiger partial charge in [-0.2, -0.15) is 0 Å². The summed E-state index contributed by atoms with van der Waals surface area (Å²) in [6.45, 7) is 0.915. The van der Waals surface area contributed by atoms with E-state index >= 15 is 0 Å². The Morgan fingerprint density at radius 2 is 2.13 bits per heavy atom. The Morgan fingerprint density at radius 1 is 1.39 bits per heavy atom. The third kappa shape index (κ3) is 3.34. The Labute approximate surface area is 137 Å². The summed E-state index contributed by atoms with van der Waals surface area (Å²) in [5.74, 6) is -0.283. The molecule has 0 unspecified atom stereocenters. The standard InChI is InChI=1S/C15H15ClN4O3/c1-19-5-2-3-12(13(19)21)14(22)20-6-4-11(9-20)23-15-17-7-10(16)8-18-15/h2-3,5,7-8,11H,4,6,9H2,1H3/t11-/m0/s1. The lowest BCUT2D eigenvalue weighted by atomic mass is 10.2. The number of carbonyl (C=O) groups excluding carboxylic acids is 1. The van der Waals surface area contributed by atoms with Crippen LogP contribution < -0.4 is 10.3 Å². The Hall–Kier alpha value is -2.41. The molecule has 3 rings (SSSR count). The van der Waals surface area contributed by atoms with Gasteiger partial charge in [0.25, 0.3) is 11.5 Å². The van der Waals surface area contributed by atoms with Gasteiger partial charge in [-0.25, -0.2) is 9.97 Å². The molecule has 2 aromatic rings. The number of pyridine rings is 1. The largest absolute Gasteiger partial charge is 0.458 e. The predicted octanol–water partition coefficient (Wildman–Crippen LogP) is 1.12. The van der Waals surface area contributed by atoms with Crippen molar-refractivity contribution in [3.05, 3.63) is 51.7 Å². The SMILES string of the molecule is Cn1cccc(C(=O)N2CC[C@H](Oc3ncc(Cl)cn3)C2)c1=O. The second kappa shape index (κ2) is 6.37. The summed E-state index contributed by atoms with van der Waals surface area (Å²) in [7, 11) is 1.62. The van der Waals surface area contributed by atoms with Crippen molar-refractivity contribution < 1.29 is 9.53 Å². The van der Waals surface area contributed by atoms with Crippen LogP contribution in [0.5, 0.6) is 6.01 Å². The van der Waals surface area contributed by atoms with Gasteiger partial charge in [-0.1, -0.05) is 11.6 Å². The normalized spacial score (nSPS) is 17.3. The predicted molar refractivity (Wildman–Crippen MR) is 83.7 cm³/mol. The zero-order chi connectivity index (χ0) is 16.4. The van der Waals surface area contributed by atoms with Crippen LogP contribution in [-0.2, 0) is 7.05 Å². The van der Waals surface area contributed by atoms with Gasteiger partial charge in [-0.15, -0.1) is 0 Å². The van der Waals surface area contributed by atoms with Gasteiger partial charge in [-0.05, 0) is 12.1 Å². The third-order valence-electron chi connectivity index (χ3n) is 3.65. The van der Waals surface area contributed by atoms with Crippen molar-refractivity contribution in [1.82, 2.24) is 19.4 Å². The first-order chi connectivity index (χ1) is 11.0. The van der Waals surface area contributed by atoms with Gasteiger partial charge in [0.15, 0.2) is 0 Å². The molecule has 8 heteroatoms. The van der Waals surface area contributed by atoms with Crippen molar-refractivity contribution >= 4 is 17.5 Å². The molecule has 0 spiro atoms. The molecule has 0 N–H and O–H groups in total. The van der Waals surface area contributed by atoms with Crippen molar-refractivity contribution in [1.29, 1.82) is 0 Å². The number of aryl methyl sites for hydroxylation is 1. The summed E-state index contributed by atoms with van der Waals surface area (Å²) < 4.78 is 7.03. The number of rotatable bonds is 3. The Morgan fingerprint density at radius 3 is 2.87 bits per heavy atom. The molecule has 1 amide bonds. The highest BCUT2D eigenvalue weighted by molar-refractivity contribution is 6.30. The van der Waals surface area contributed by atoms with E-state index in [0.717, 1.165) is 0 Å². The fraction of sp³-hybridized carbons (Fsp3) is 0.333. The highest BCUT2D eigenvalue weighted by Crippen LogP contribution is 2.17. The first-order valence-electron chi connectivity index (χ1n) is 7.13. The Bertz CT molecular complexity index is 775. The highest BCUT2D eigenvalue weighted by atomic mass is 35.5. The zero-order valence-corrected chi connectivity index (χ0v) is 13.2. The molecule has 1 fully saturated rings. The molecule has 0 saturated carbocycles. The first-order valence-corrected chi connectivity index (χ1v) is 7.51. The minimum absolute atomic E-state index is 0.165. The van der Waals surface area contributed by atoms with Crippen molar-refractivity contribution in [3.8, 4) is 6.01 Å². The number of likely N-dealkylation sites (tertiary alicyclic amines) is 1. The monoisotopic (exact) mass is 334 g/mol. The molecule has 120 valence electrons. The molecule has 1 atom stereocenters. The summed E-state index contributed by atoms with van der Waals surface area (Å²) in [5.41, 5.74) is -0.138. The van der Waals surface area contributed by atoms with Crippen molar-refractivity contribution in [2.24, 2.45) is 7.05 Å². The number of hydrogen-bond donors (Lipinski definition) is 0. The number of ether oxygens (including phenoxy) is 1. The molecule has 2 aromatic heterocycles. The van der Waals surface area contributed by atoms with E-state index in [0.29, 0.717) is 24.5 Å². The molecule has 3 heterocycles. The maximum Gasteiger partial charge on any atom is 0.316 e. The van der Waals surface area contributed by atoms with Crippen molar-refractivity contribution in [3.63, 3.8) is 0 Å². The Balaban J connectivity index is 1.67. The van der Waals surface area contributed by atoms with E-state index in [2.05, 4.69) is 9.97 Å². The van der Waals surface area contributed by atoms with Gasteiger partial charge < -0.3 is 14.2 Å². The van der Waals surface area contributed by atoms with Gasteiger partial charge in [0, 0.05) is 26.2 Å². The van der Waals surface area contributed by atoms with E-state index in [9.17, 15) is 9.59 Å². The molecule has 1 saturated heterocycles. The third-order valence-corrected chi connectivity index (χ3v) is 3.85. The van der Waals surface area contributed by atoms with Crippen LogP contribution in [0, 0.1) is 0 Å². The summed E-state index contributed by atoms with van der Waals surface area (Å²) in [6, 6.07) is 3.45. The van der Waals surface area contributed by atoms with Crippen LogP contribution in [0.4, 0.5) is 0 Å². The fourth-order valence-corrected chi connectivity index (χ4v) is 2.55. The summed E-state index contributed by atoms with van der Waals surface area (Å²) >= 11 is 5.72.